The van der Waals surface area contributed by atoms with Gasteiger partial charge < -0.3 is 9.72 Å². The van der Waals surface area contributed by atoms with Crippen LogP contribution in [0.15, 0.2) is 34.2 Å². The zero-order valence-electron chi connectivity index (χ0n) is 12.9. The molecule has 0 radical (unpaired) electrons. The fourth-order valence-corrected chi connectivity index (χ4v) is 4.33. The number of ether oxygens (including phenoxy) is 1. The molecule has 0 unspecified atom stereocenters. The second kappa shape index (κ2) is 5.78. The highest BCUT2D eigenvalue weighted by atomic mass is 32.2. The summed E-state index contributed by atoms with van der Waals surface area (Å²) in [4.78, 5) is 18.6. The molecule has 0 bridgehead atoms. The summed E-state index contributed by atoms with van der Waals surface area (Å²) in [6, 6.07) is 4.86. The van der Waals surface area contributed by atoms with Gasteiger partial charge in [0.25, 0.3) is 5.56 Å². The van der Waals surface area contributed by atoms with Crippen LogP contribution in [0, 0.1) is 6.92 Å². The van der Waals surface area contributed by atoms with Crippen LogP contribution in [-0.4, -0.2) is 36.3 Å². The monoisotopic (exact) mass is 335 g/mol. The van der Waals surface area contributed by atoms with E-state index in [2.05, 4.69) is 9.97 Å². The lowest BCUT2D eigenvalue weighted by Crippen LogP contribution is -2.39. The van der Waals surface area contributed by atoms with Crippen LogP contribution in [-0.2, 0) is 23.0 Å². The Hall–Kier alpha value is -2.19. The van der Waals surface area contributed by atoms with Crippen LogP contribution in [0.2, 0.25) is 0 Å². The molecule has 23 heavy (non-hydrogen) atoms. The maximum Gasteiger partial charge on any atom is 0.254 e. The van der Waals surface area contributed by atoms with Gasteiger partial charge in [-0.2, -0.15) is 4.31 Å². The first kappa shape index (κ1) is 15.7. The summed E-state index contributed by atoms with van der Waals surface area (Å²) in [7, 11) is -2.11. The minimum absolute atomic E-state index is 0.104. The van der Waals surface area contributed by atoms with Crippen molar-refractivity contribution in [1.29, 1.82) is 0 Å². The van der Waals surface area contributed by atoms with Crippen LogP contribution >= 0.6 is 0 Å². The Bertz CT molecular complexity index is 905. The number of H-pyrrole nitrogens is 1. The fraction of sp³-hybridized carbons (Fsp3) is 0.333. The molecule has 2 heterocycles. The summed E-state index contributed by atoms with van der Waals surface area (Å²) < 4.78 is 32.2. The van der Waals surface area contributed by atoms with E-state index in [4.69, 9.17) is 4.74 Å². The van der Waals surface area contributed by atoms with E-state index in [0.29, 0.717) is 29.0 Å². The topological polar surface area (TPSA) is 92.4 Å². The normalized spacial score (nSPS) is 15.2. The van der Waals surface area contributed by atoms with E-state index in [1.165, 1.54) is 17.7 Å². The van der Waals surface area contributed by atoms with Gasteiger partial charge >= 0.3 is 0 Å². The molecule has 7 nitrogen and oxygen atoms in total. The number of nitrogens with one attached hydrogen (secondary N) is 1. The van der Waals surface area contributed by atoms with Gasteiger partial charge in [-0.1, -0.05) is 0 Å². The van der Waals surface area contributed by atoms with Gasteiger partial charge in [0.2, 0.25) is 10.0 Å². The second-order valence-corrected chi connectivity index (χ2v) is 7.28. The predicted octanol–water partition coefficient (Wildman–Crippen LogP) is 0.834. The first-order valence-corrected chi connectivity index (χ1v) is 8.57. The molecule has 0 atom stereocenters. The number of aromatic nitrogens is 2. The third kappa shape index (κ3) is 2.75. The maximum atomic E-state index is 12.9. The van der Waals surface area contributed by atoms with E-state index < -0.39 is 10.0 Å². The summed E-state index contributed by atoms with van der Waals surface area (Å²) in [6.45, 7) is 2.10. The largest absolute Gasteiger partial charge is 0.497 e. The summed E-state index contributed by atoms with van der Waals surface area (Å²) in [5.41, 5.74) is 1.49. The molecule has 3 rings (SSSR count). The van der Waals surface area contributed by atoms with Crippen molar-refractivity contribution in [1.82, 2.24) is 14.3 Å². The van der Waals surface area contributed by atoms with Crippen LogP contribution in [0.1, 0.15) is 16.8 Å². The lowest BCUT2D eigenvalue weighted by atomic mass is 10.1. The summed E-state index contributed by atoms with van der Waals surface area (Å²) in [5.74, 6) is 0.610. The van der Waals surface area contributed by atoms with Gasteiger partial charge in [0.1, 0.15) is 5.75 Å². The maximum absolute atomic E-state index is 12.9. The highest BCUT2D eigenvalue weighted by molar-refractivity contribution is 7.89. The van der Waals surface area contributed by atoms with E-state index in [9.17, 15) is 13.2 Å². The standard InChI is InChI=1S/C15H17N3O4S/c1-10-7-11(22-2)3-4-14(10)23(20,21)18-6-5-12-13(8-18)16-9-17-15(12)19/h3-4,7,9H,5-6,8H2,1-2H3,(H,16,17,19). The Morgan fingerprint density at radius 2 is 2.13 bits per heavy atom. The average Bonchev–Trinajstić information content (AvgIpc) is 2.54. The number of nitrogens with zero attached hydrogens (tertiary/aromatic N) is 2. The van der Waals surface area contributed by atoms with Gasteiger partial charge in [-0.25, -0.2) is 13.4 Å². The molecule has 0 saturated heterocycles. The van der Waals surface area contributed by atoms with Gasteiger partial charge in [-0.3, -0.25) is 4.79 Å². The number of aromatic amines is 1. The second-order valence-electron chi connectivity index (χ2n) is 5.38. The molecule has 0 amide bonds. The number of hydrogen-bond acceptors (Lipinski definition) is 5. The number of aryl methyl sites for hydroxylation is 1. The molecule has 122 valence electrons. The molecule has 1 aliphatic heterocycles. The third-order valence-corrected chi connectivity index (χ3v) is 5.98. The zero-order valence-corrected chi connectivity index (χ0v) is 13.7. The van der Waals surface area contributed by atoms with Crippen molar-refractivity contribution in [2.45, 2.75) is 24.8 Å². The molecule has 0 fully saturated rings. The number of sulfonamides is 1. The third-order valence-electron chi connectivity index (χ3n) is 3.98. The number of fused-ring (bicyclic) bond motifs is 1. The molecule has 8 heteroatoms. The van der Waals surface area contributed by atoms with Gasteiger partial charge in [-0.05, 0) is 37.1 Å². The number of hydrogen-bond donors (Lipinski definition) is 1. The van der Waals surface area contributed by atoms with Gasteiger partial charge in [0, 0.05) is 12.1 Å². The highest BCUT2D eigenvalue weighted by Crippen LogP contribution is 2.26. The summed E-state index contributed by atoms with van der Waals surface area (Å²) in [6.07, 6.45) is 1.66. The van der Waals surface area contributed by atoms with E-state index in [-0.39, 0.29) is 23.5 Å². The smallest absolute Gasteiger partial charge is 0.254 e. The van der Waals surface area contributed by atoms with Crippen LogP contribution < -0.4 is 10.3 Å². The van der Waals surface area contributed by atoms with Gasteiger partial charge in [0.15, 0.2) is 0 Å². The van der Waals surface area contributed by atoms with Gasteiger partial charge in [0.05, 0.1) is 30.6 Å². The molecule has 1 aliphatic rings. The summed E-state index contributed by atoms with van der Waals surface area (Å²) in [5, 5.41) is 0. The Morgan fingerprint density at radius 1 is 1.35 bits per heavy atom. The number of rotatable bonds is 3. The molecular weight excluding hydrogens is 318 g/mol. The zero-order chi connectivity index (χ0) is 16.6. The van der Waals surface area contributed by atoms with E-state index in [1.807, 2.05) is 0 Å². The lowest BCUT2D eigenvalue weighted by Gasteiger charge is -2.27. The Labute approximate surface area is 134 Å². The molecule has 1 aromatic heterocycles. The Kier molecular flexibility index (Phi) is 3.95. The first-order valence-electron chi connectivity index (χ1n) is 7.13. The van der Waals surface area contributed by atoms with Crippen LogP contribution in [0.4, 0.5) is 0 Å². The van der Waals surface area contributed by atoms with Crippen molar-refractivity contribution in [3.63, 3.8) is 0 Å². The quantitative estimate of drug-likeness (QED) is 0.897. The SMILES string of the molecule is COc1ccc(S(=O)(=O)N2CCc3c(nc[nH]c3=O)C2)c(C)c1. The minimum atomic E-state index is -3.65. The van der Waals surface area contributed by atoms with E-state index in [0.717, 1.165) is 0 Å². The number of benzene rings is 1. The molecule has 1 aromatic carbocycles. The molecule has 1 N–H and O–H groups in total. The summed E-state index contributed by atoms with van der Waals surface area (Å²) >= 11 is 0. The van der Waals surface area contributed by atoms with Crippen molar-refractivity contribution < 1.29 is 13.2 Å². The molecular formula is C15H17N3O4S. The Balaban J connectivity index is 1.97. The minimum Gasteiger partial charge on any atom is -0.497 e. The van der Waals surface area contributed by atoms with Crippen LogP contribution in [0.3, 0.4) is 0 Å². The van der Waals surface area contributed by atoms with Crippen molar-refractivity contribution in [3.8, 4) is 5.75 Å². The van der Waals surface area contributed by atoms with Gasteiger partial charge in [-0.15, -0.1) is 0 Å². The van der Waals surface area contributed by atoms with E-state index in [1.54, 1.807) is 25.1 Å². The first-order chi connectivity index (χ1) is 10.9. The predicted molar refractivity (Wildman–Crippen MR) is 83.9 cm³/mol. The van der Waals surface area contributed by atoms with Crippen molar-refractivity contribution in [3.05, 3.63) is 51.7 Å². The van der Waals surface area contributed by atoms with Crippen molar-refractivity contribution in [2.24, 2.45) is 0 Å². The Morgan fingerprint density at radius 3 is 2.83 bits per heavy atom. The average molecular weight is 335 g/mol. The van der Waals surface area contributed by atoms with Crippen molar-refractivity contribution >= 4 is 10.0 Å². The molecule has 0 spiro atoms. The number of methoxy groups -OCH3 is 1. The fourth-order valence-electron chi connectivity index (χ4n) is 2.72. The lowest BCUT2D eigenvalue weighted by molar-refractivity contribution is 0.383. The van der Waals surface area contributed by atoms with Crippen LogP contribution in [0.5, 0.6) is 5.75 Å². The molecule has 0 aliphatic carbocycles. The highest BCUT2D eigenvalue weighted by Gasteiger charge is 2.31. The van der Waals surface area contributed by atoms with E-state index >= 15 is 0 Å². The molecule has 0 saturated carbocycles. The van der Waals surface area contributed by atoms with Crippen LogP contribution in [0.25, 0.3) is 0 Å². The van der Waals surface area contributed by atoms with Crippen molar-refractivity contribution in [2.75, 3.05) is 13.7 Å². The molecule has 2 aromatic rings.